The molecule has 1 rings (SSSR count). The fourth-order valence-corrected chi connectivity index (χ4v) is 1.77. The molecular weight excluding hydrogens is 193 g/mol. The molecule has 0 N–H and O–H groups in total. The average molecular weight is 211 g/mol. The van der Waals surface area contributed by atoms with E-state index in [1.807, 2.05) is 19.0 Å². The molecule has 0 aromatic heterocycles. The summed E-state index contributed by atoms with van der Waals surface area (Å²) in [7, 11) is 3.87. The van der Waals surface area contributed by atoms with Gasteiger partial charge in [-0.05, 0) is 26.1 Å². The molecule has 0 bridgehead atoms. The molecule has 1 unspecified atom stereocenters. The molecule has 3 heteroatoms. The molecule has 0 aromatic rings. The number of rotatable bonds is 4. The van der Waals surface area contributed by atoms with Gasteiger partial charge in [-0.15, -0.1) is 0 Å². The van der Waals surface area contributed by atoms with Crippen molar-refractivity contribution in [3.05, 3.63) is 36.2 Å². The van der Waals surface area contributed by atoms with Crippen molar-refractivity contribution in [2.24, 2.45) is 0 Å². The predicted molar refractivity (Wildman–Crippen MR) is 60.4 cm³/mol. The number of hydrogen-bond donors (Lipinski definition) is 0. The maximum Gasteiger partial charge on any atom is 0.122 e. The van der Waals surface area contributed by atoms with E-state index < -0.39 is 5.83 Å². The Bertz CT molecular complexity index is 294. The molecule has 0 aromatic carbocycles. The van der Waals surface area contributed by atoms with Crippen LogP contribution < -0.4 is 0 Å². The normalized spacial score (nSPS) is 22.0. The minimum absolute atomic E-state index is 0.223. The lowest BCUT2D eigenvalue weighted by Crippen LogP contribution is -2.33. The van der Waals surface area contributed by atoms with E-state index in [1.165, 1.54) is 0 Å². The van der Waals surface area contributed by atoms with E-state index in [0.29, 0.717) is 25.1 Å². The Morgan fingerprint density at radius 2 is 2.33 bits per heavy atom. The zero-order chi connectivity index (χ0) is 11.4. The predicted octanol–water partition coefficient (Wildman–Crippen LogP) is 2.30. The van der Waals surface area contributed by atoms with Gasteiger partial charge >= 0.3 is 0 Å². The van der Waals surface area contributed by atoms with Gasteiger partial charge in [-0.3, -0.25) is 0 Å². The lowest BCUT2D eigenvalue weighted by Gasteiger charge is -2.29. The van der Waals surface area contributed by atoms with Crippen LogP contribution in [-0.4, -0.2) is 38.3 Å². The third-order valence-corrected chi connectivity index (χ3v) is 2.43. The monoisotopic (exact) mass is 211 g/mol. The Hall–Kier alpha value is -0.930. The molecule has 2 nitrogen and oxygen atoms in total. The lowest BCUT2D eigenvalue weighted by molar-refractivity contribution is 0.0508. The summed E-state index contributed by atoms with van der Waals surface area (Å²) in [5.41, 5.74) is 1.49. The Morgan fingerprint density at radius 3 is 2.80 bits per heavy atom. The van der Waals surface area contributed by atoms with Gasteiger partial charge in [0.1, 0.15) is 5.83 Å². The van der Waals surface area contributed by atoms with E-state index in [9.17, 15) is 4.39 Å². The summed E-state index contributed by atoms with van der Waals surface area (Å²) in [6.07, 6.45) is 2.19. The van der Waals surface area contributed by atoms with Gasteiger partial charge in [-0.2, -0.15) is 0 Å². The number of halogens is 1. The molecule has 0 spiro atoms. The summed E-state index contributed by atoms with van der Waals surface area (Å²) < 4.78 is 18.9. The highest BCUT2D eigenvalue weighted by Gasteiger charge is 2.25. The standard InChI is InChI=1S/C12H18FNO/c1-5-10-6-7-15-11(8-14(3)4)12(10)9(2)13/h5,11H,1-2,6-8H2,3-4H3. The van der Waals surface area contributed by atoms with Crippen molar-refractivity contribution in [3.63, 3.8) is 0 Å². The Labute approximate surface area is 90.7 Å². The summed E-state index contributed by atoms with van der Waals surface area (Å²) in [6, 6.07) is 0. The van der Waals surface area contributed by atoms with E-state index in [-0.39, 0.29) is 6.10 Å². The molecule has 0 saturated heterocycles. The van der Waals surface area contributed by atoms with Crippen LogP contribution in [0.25, 0.3) is 0 Å². The van der Waals surface area contributed by atoms with Gasteiger partial charge in [0.25, 0.3) is 0 Å². The van der Waals surface area contributed by atoms with Crippen LogP contribution in [-0.2, 0) is 4.74 Å². The van der Waals surface area contributed by atoms with Gasteiger partial charge in [0.15, 0.2) is 0 Å². The minimum Gasteiger partial charge on any atom is -0.372 e. The summed E-state index contributed by atoms with van der Waals surface area (Å²) in [5, 5.41) is 0. The van der Waals surface area contributed by atoms with Crippen molar-refractivity contribution >= 4 is 0 Å². The summed E-state index contributed by atoms with van der Waals surface area (Å²) in [6.45, 7) is 8.34. The second-order valence-electron chi connectivity index (χ2n) is 3.92. The Kier molecular flexibility index (Phi) is 4.24. The van der Waals surface area contributed by atoms with Crippen molar-refractivity contribution in [1.29, 1.82) is 0 Å². The van der Waals surface area contributed by atoms with E-state index in [1.54, 1.807) is 6.08 Å². The van der Waals surface area contributed by atoms with Crippen LogP contribution in [0.4, 0.5) is 4.39 Å². The number of hydrogen-bond acceptors (Lipinski definition) is 2. The first-order chi connectivity index (χ1) is 7.06. The molecule has 0 aliphatic carbocycles. The largest absolute Gasteiger partial charge is 0.372 e. The van der Waals surface area contributed by atoms with Crippen molar-refractivity contribution in [3.8, 4) is 0 Å². The SMILES string of the molecule is C=CC1=C(C(=C)F)C(CN(C)C)OCC1. The van der Waals surface area contributed by atoms with E-state index in [0.717, 1.165) is 5.57 Å². The highest BCUT2D eigenvalue weighted by molar-refractivity contribution is 5.39. The van der Waals surface area contributed by atoms with Crippen LogP contribution in [0.3, 0.4) is 0 Å². The summed E-state index contributed by atoms with van der Waals surface area (Å²) in [4.78, 5) is 1.97. The van der Waals surface area contributed by atoms with Gasteiger partial charge in [-0.25, -0.2) is 4.39 Å². The first-order valence-corrected chi connectivity index (χ1v) is 5.02. The smallest absolute Gasteiger partial charge is 0.122 e. The molecule has 0 saturated carbocycles. The quantitative estimate of drug-likeness (QED) is 0.707. The average Bonchev–Trinajstić information content (AvgIpc) is 2.15. The number of allylic oxidation sites excluding steroid dienone is 1. The van der Waals surface area contributed by atoms with Crippen molar-refractivity contribution in [2.45, 2.75) is 12.5 Å². The molecule has 1 heterocycles. The number of likely N-dealkylation sites (N-methyl/N-ethyl adjacent to an activating group) is 1. The Balaban J connectivity index is 2.95. The van der Waals surface area contributed by atoms with Crippen LogP contribution in [0.15, 0.2) is 36.2 Å². The molecule has 0 fully saturated rings. The van der Waals surface area contributed by atoms with E-state index >= 15 is 0 Å². The van der Waals surface area contributed by atoms with Crippen LogP contribution >= 0.6 is 0 Å². The fourth-order valence-electron chi connectivity index (χ4n) is 1.77. The van der Waals surface area contributed by atoms with Gasteiger partial charge < -0.3 is 9.64 Å². The highest BCUT2D eigenvalue weighted by Crippen LogP contribution is 2.28. The van der Waals surface area contributed by atoms with E-state index in [4.69, 9.17) is 4.74 Å². The summed E-state index contributed by atoms with van der Waals surface area (Å²) in [5.74, 6) is -0.406. The van der Waals surface area contributed by atoms with Gasteiger partial charge in [0.2, 0.25) is 0 Å². The molecular formula is C12H18FNO. The second-order valence-corrected chi connectivity index (χ2v) is 3.92. The number of nitrogens with zero attached hydrogens (tertiary/aromatic N) is 1. The van der Waals surface area contributed by atoms with E-state index in [2.05, 4.69) is 13.2 Å². The van der Waals surface area contributed by atoms with Crippen LogP contribution in [0.1, 0.15) is 6.42 Å². The van der Waals surface area contributed by atoms with Crippen molar-refractivity contribution in [2.75, 3.05) is 27.2 Å². The highest BCUT2D eigenvalue weighted by atomic mass is 19.1. The zero-order valence-electron chi connectivity index (χ0n) is 9.42. The van der Waals surface area contributed by atoms with Crippen LogP contribution in [0.2, 0.25) is 0 Å². The fraction of sp³-hybridized carbons (Fsp3) is 0.500. The first kappa shape index (κ1) is 12.1. The molecule has 15 heavy (non-hydrogen) atoms. The Morgan fingerprint density at radius 1 is 1.67 bits per heavy atom. The maximum absolute atomic E-state index is 13.3. The van der Waals surface area contributed by atoms with Gasteiger partial charge in [0, 0.05) is 12.1 Å². The molecule has 1 aliphatic heterocycles. The topological polar surface area (TPSA) is 12.5 Å². The minimum atomic E-state index is -0.406. The van der Waals surface area contributed by atoms with Crippen LogP contribution in [0.5, 0.6) is 0 Å². The molecule has 0 radical (unpaired) electrons. The third kappa shape index (κ3) is 3.01. The molecule has 84 valence electrons. The summed E-state index contributed by atoms with van der Waals surface area (Å²) >= 11 is 0. The van der Waals surface area contributed by atoms with Crippen LogP contribution in [0, 0.1) is 0 Å². The van der Waals surface area contributed by atoms with Gasteiger partial charge in [0.05, 0.1) is 12.7 Å². The molecule has 0 amide bonds. The first-order valence-electron chi connectivity index (χ1n) is 5.02. The molecule has 1 atom stereocenters. The van der Waals surface area contributed by atoms with Crippen molar-refractivity contribution in [1.82, 2.24) is 4.90 Å². The third-order valence-electron chi connectivity index (χ3n) is 2.43. The van der Waals surface area contributed by atoms with Crippen molar-refractivity contribution < 1.29 is 9.13 Å². The van der Waals surface area contributed by atoms with Gasteiger partial charge in [-0.1, -0.05) is 19.2 Å². The maximum atomic E-state index is 13.3. The lowest BCUT2D eigenvalue weighted by atomic mass is 9.96. The zero-order valence-corrected chi connectivity index (χ0v) is 9.42. The number of ether oxygens (including phenoxy) is 1. The second kappa shape index (κ2) is 5.24. The molecule has 1 aliphatic rings.